The first-order valence-corrected chi connectivity index (χ1v) is 18.7. The van der Waals surface area contributed by atoms with Crippen LogP contribution in [0.4, 0.5) is 10.5 Å². The van der Waals surface area contributed by atoms with Gasteiger partial charge in [-0.25, -0.2) is 9.59 Å². The number of carbonyl (C=O) groups is 3. The second-order valence-corrected chi connectivity index (χ2v) is 14.1. The lowest BCUT2D eigenvalue weighted by Crippen LogP contribution is -2.52. The van der Waals surface area contributed by atoms with Gasteiger partial charge in [0, 0.05) is 29.1 Å². The molecule has 0 radical (unpaired) electrons. The highest BCUT2D eigenvalue weighted by Crippen LogP contribution is 2.44. The average molecular weight is 754 g/mol. The quantitative estimate of drug-likeness (QED) is 0.0900. The number of nitrogens with one attached hydrogen (secondary N) is 3. The van der Waals surface area contributed by atoms with E-state index in [-0.39, 0.29) is 18.1 Å². The van der Waals surface area contributed by atoms with Gasteiger partial charge in [-0.1, -0.05) is 140 Å². The van der Waals surface area contributed by atoms with E-state index in [0.717, 1.165) is 44.5 Å². The molecule has 1 aliphatic carbocycles. The Kier molecular flexibility index (Phi) is 10.2. The highest BCUT2D eigenvalue weighted by molar-refractivity contribution is 6.00. The van der Waals surface area contributed by atoms with Gasteiger partial charge >= 0.3 is 11.7 Å². The van der Waals surface area contributed by atoms with Gasteiger partial charge in [0.25, 0.3) is 0 Å². The Morgan fingerprint density at radius 3 is 1.77 bits per heavy atom. The van der Waals surface area contributed by atoms with Gasteiger partial charge in [-0.15, -0.1) is 0 Å². The largest absolute Gasteiger partial charge is 0.449 e. The molecule has 1 atom stereocenters. The summed E-state index contributed by atoms with van der Waals surface area (Å²) in [6, 6.07) is 49.8. The van der Waals surface area contributed by atoms with E-state index in [4.69, 9.17) is 9.15 Å². The van der Waals surface area contributed by atoms with Crippen LogP contribution < -0.4 is 21.6 Å². The summed E-state index contributed by atoms with van der Waals surface area (Å²) in [5, 5.41) is 9.49. The predicted molar refractivity (Wildman–Crippen MR) is 220 cm³/mol. The zero-order valence-corrected chi connectivity index (χ0v) is 31.1. The summed E-state index contributed by atoms with van der Waals surface area (Å²) >= 11 is 0. The summed E-state index contributed by atoms with van der Waals surface area (Å²) in [5.74, 6) is -1.39. The molecular formula is C48H39N3O6. The summed E-state index contributed by atoms with van der Waals surface area (Å²) in [6.45, 7) is 1.81. The molecule has 282 valence electrons. The molecule has 1 aliphatic rings. The Balaban J connectivity index is 1.09. The minimum atomic E-state index is -1.37. The van der Waals surface area contributed by atoms with E-state index in [9.17, 15) is 19.2 Å². The first-order chi connectivity index (χ1) is 27.8. The van der Waals surface area contributed by atoms with Crippen molar-refractivity contribution < 1.29 is 23.5 Å². The molecule has 7 aromatic rings. The molecule has 1 aromatic heterocycles. The van der Waals surface area contributed by atoms with Crippen LogP contribution in [0.3, 0.4) is 0 Å². The topological polar surface area (TPSA) is 127 Å². The third-order valence-electron chi connectivity index (χ3n) is 10.5. The van der Waals surface area contributed by atoms with E-state index in [1.165, 1.54) is 12.1 Å². The molecule has 0 aliphatic heterocycles. The summed E-state index contributed by atoms with van der Waals surface area (Å²) in [7, 11) is 0. The zero-order chi connectivity index (χ0) is 39.4. The number of aryl methyl sites for hydroxylation is 1. The zero-order valence-electron chi connectivity index (χ0n) is 31.1. The minimum absolute atomic E-state index is 0.0165. The molecule has 8 rings (SSSR count). The van der Waals surface area contributed by atoms with E-state index >= 15 is 0 Å². The standard InChI is InChI=1S/C48H39N3O6/c1-31-27-45(53)57-43-28-35(25-26-36(31)43)49-46(54)42(50-47(55)56-30-41-39-23-13-11-21-37(39)38-22-12-14-24-40(38)41)29-44(52)51-48(32-15-5-2-6-16-32,33-17-7-3-8-18-33)34-19-9-4-10-20-34/h2-28,41-42H,29-30H2,1H3,(H,49,54)(H,50,55)(H,51,52)/t42-/m0/s1. The summed E-state index contributed by atoms with van der Waals surface area (Å²) in [4.78, 5) is 54.5. The van der Waals surface area contributed by atoms with E-state index < -0.39 is 41.5 Å². The van der Waals surface area contributed by atoms with Gasteiger partial charge in [-0.3, -0.25) is 9.59 Å². The molecule has 0 fully saturated rings. The van der Waals surface area contributed by atoms with Crippen LogP contribution in [0, 0.1) is 6.92 Å². The van der Waals surface area contributed by atoms with Crippen molar-refractivity contribution >= 4 is 34.6 Å². The molecule has 0 spiro atoms. The Labute approximate surface area is 329 Å². The molecule has 0 bridgehead atoms. The van der Waals surface area contributed by atoms with Crippen molar-refractivity contribution in [1.82, 2.24) is 10.6 Å². The number of hydrogen-bond donors (Lipinski definition) is 3. The monoisotopic (exact) mass is 753 g/mol. The number of carbonyl (C=O) groups excluding carboxylic acids is 3. The first-order valence-electron chi connectivity index (χ1n) is 18.7. The fourth-order valence-electron chi connectivity index (χ4n) is 7.85. The molecule has 9 heteroatoms. The fourth-order valence-corrected chi connectivity index (χ4v) is 7.85. The second kappa shape index (κ2) is 15.8. The molecule has 9 nitrogen and oxygen atoms in total. The van der Waals surface area contributed by atoms with Crippen molar-refractivity contribution in [3.63, 3.8) is 0 Å². The Morgan fingerprint density at radius 2 is 1.21 bits per heavy atom. The van der Waals surface area contributed by atoms with E-state index in [2.05, 4.69) is 16.0 Å². The number of anilines is 1. The van der Waals surface area contributed by atoms with Crippen molar-refractivity contribution in [3.05, 3.63) is 208 Å². The van der Waals surface area contributed by atoms with Crippen molar-refractivity contribution in [1.29, 1.82) is 0 Å². The summed E-state index contributed by atoms with van der Waals surface area (Å²) < 4.78 is 11.2. The van der Waals surface area contributed by atoms with Crippen LogP contribution >= 0.6 is 0 Å². The summed E-state index contributed by atoms with van der Waals surface area (Å²) in [5.41, 5.74) is 6.29. The molecule has 0 unspecified atom stereocenters. The Morgan fingerprint density at radius 1 is 0.684 bits per heavy atom. The smallest absolute Gasteiger partial charge is 0.407 e. The number of ether oxygens (including phenoxy) is 1. The van der Waals surface area contributed by atoms with Gasteiger partial charge < -0.3 is 25.1 Å². The first kappa shape index (κ1) is 36.7. The molecule has 3 amide bonds. The van der Waals surface area contributed by atoms with Crippen molar-refractivity contribution in [2.24, 2.45) is 0 Å². The maximum absolute atomic E-state index is 14.5. The van der Waals surface area contributed by atoms with Crippen molar-refractivity contribution in [2.45, 2.75) is 30.8 Å². The van der Waals surface area contributed by atoms with Crippen LogP contribution in [0.1, 0.15) is 45.7 Å². The lowest BCUT2D eigenvalue weighted by Gasteiger charge is -2.37. The van der Waals surface area contributed by atoms with Crippen LogP contribution in [0.25, 0.3) is 22.1 Å². The molecule has 0 saturated heterocycles. The fraction of sp³-hybridized carbons (Fsp3) is 0.125. The SMILES string of the molecule is Cc1cc(=O)oc2cc(NC(=O)[C@H](CC(=O)NC(c3ccccc3)(c3ccccc3)c3ccccc3)NC(=O)OCC3c4ccccc4-c4ccccc43)ccc12. The number of amides is 3. The highest BCUT2D eigenvalue weighted by Gasteiger charge is 2.39. The third-order valence-corrected chi connectivity index (χ3v) is 10.5. The van der Waals surface area contributed by atoms with Gasteiger partial charge in [0.1, 0.15) is 23.8 Å². The number of alkyl carbamates (subject to hydrolysis) is 1. The van der Waals surface area contributed by atoms with Crippen LogP contribution in [0.2, 0.25) is 0 Å². The molecule has 0 saturated carbocycles. The van der Waals surface area contributed by atoms with Gasteiger partial charge in [0.05, 0.1) is 6.42 Å². The maximum atomic E-state index is 14.5. The second-order valence-electron chi connectivity index (χ2n) is 14.1. The van der Waals surface area contributed by atoms with Crippen LogP contribution in [-0.2, 0) is 19.9 Å². The van der Waals surface area contributed by atoms with Crippen LogP contribution in [0.15, 0.2) is 173 Å². The van der Waals surface area contributed by atoms with E-state index in [1.807, 2.05) is 140 Å². The van der Waals surface area contributed by atoms with Crippen LogP contribution in [0.5, 0.6) is 0 Å². The molecule has 6 aromatic carbocycles. The molecule has 57 heavy (non-hydrogen) atoms. The van der Waals surface area contributed by atoms with Gasteiger partial charge in [-0.2, -0.15) is 0 Å². The number of fused-ring (bicyclic) bond motifs is 4. The van der Waals surface area contributed by atoms with E-state index in [0.29, 0.717) is 11.1 Å². The number of rotatable bonds is 11. The lowest BCUT2D eigenvalue weighted by atomic mass is 9.77. The normalized spacial score (nSPS) is 12.6. The number of benzene rings is 6. The maximum Gasteiger partial charge on any atom is 0.407 e. The van der Waals surface area contributed by atoms with Gasteiger partial charge in [0.2, 0.25) is 11.8 Å². The van der Waals surface area contributed by atoms with Gasteiger partial charge in [-0.05, 0) is 63.6 Å². The molecule has 3 N–H and O–H groups in total. The average Bonchev–Trinajstić information content (AvgIpc) is 3.56. The molecule has 1 heterocycles. The van der Waals surface area contributed by atoms with Gasteiger partial charge in [0.15, 0.2) is 0 Å². The van der Waals surface area contributed by atoms with Crippen molar-refractivity contribution in [2.75, 3.05) is 11.9 Å². The Bertz CT molecular complexity index is 2500. The Hall–Kier alpha value is -7.26. The lowest BCUT2D eigenvalue weighted by molar-refractivity contribution is -0.126. The van der Waals surface area contributed by atoms with Crippen LogP contribution in [-0.4, -0.2) is 30.6 Å². The predicted octanol–water partition coefficient (Wildman–Crippen LogP) is 8.45. The number of hydrogen-bond acceptors (Lipinski definition) is 6. The highest BCUT2D eigenvalue weighted by atomic mass is 16.5. The van der Waals surface area contributed by atoms with Crippen molar-refractivity contribution in [3.8, 4) is 11.1 Å². The summed E-state index contributed by atoms with van der Waals surface area (Å²) in [6.07, 6.45) is -1.29. The minimum Gasteiger partial charge on any atom is -0.449 e. The molecular weight excluding hydrogens is 715 g/mol. The third kappa shape index (κ3) is 7.43. The van der Waals surface area contributed by atoms with E-state index in [1.54, 1.807) is 19.1 Å².